The van der Waals surface area contributed by atoms with Gasteiger partial charge < -0.3 is 82.8 Å². The van der Waals surface area contributed by atoms with Crippen LogP contribution in [0.25, 0.3) is 0 Å². The van der Waals surface area contributed by atoms with E-state index in [1.165, 1.54) is 69.4 Å². The number of primary amides is 1. The second kappa shape index (κ2) is 29.5. The van der Waals surface area contributed by atoms with Crippen LogP contribution < -0.4 is 37.6 Å². The molecule has 0 aromatic heterocycles. The van der Waals surface area contributed by atoms with Gasteiger partial charge in [0, 0.05) is 32.7 Å². The third-order valence-corrected chi connectivity index (χ3v) is 14.5. The molecule has 26 heteroatoms. The van der Waals surface area contributed by atoms with Crippen molar-refractivity contribution in [2.45, 2.75) is 165 Å². The topological polar surface area (TPSA) is 406 Å². The van der Waals surface area contributed by atoms with Crippen molar-refractivity contribution in [1.29, 1.82) is 0 Å². The monoisotopic (exact) mass is 1150 g/mol. The van der Waals surface area contributed by atoms with Crippen LogP contribution in [0.2, 0.25) is 0 Å². The Hall–Kier alpha value is -8.20. The summed E-state index contributed by atoms with van der Waals surface area (Å²) in [7, 11) is 1.25. The maximum absolute atomic E-state index is 14.9. The number of hydrogen-bond donors (Lipinski definition) is 13. The SMILES string of the molecule is CC[C@H](C)[C@@H]1NC(=O)[C@H](Cc2ccccc2)N(C)C(=O)[C@H]([C@@H](C)O)N2C(=O)[C@H](CC[C@@H]2O)NC(=O)[C@H](Cc2ccc(O)cc2)NC(=O)[C@H](NC(=O)[C@H](CCC(N)=O)NC(=O)[C@@H](NC(=O)[C@H](O)Cc2ccc(O)cc2)[C@@H](C)O)[C@@H](C)OC1=O. The van der Waals surface area contributed by atoms with E-state index in [-0.39, 0.29) is 50.0 Å². The highest BCUT2D eigenvalue weighted by Crippen LogP contribution is 2.25. The van der Waals surface area contributed by atoms with Crippen LogP contribution in [-0.4, -0.2) is 186 Å². The third kappa shape index (κ3) is 17.4. The number of cyclic esters (lactones) is 1. The molecule has 2 fully saturated rings. The van der Waals surface area contributed by atoms with Crippen molar-refractivity contribution >= 4 is 59.1 Å². The number of nitrogens with one attached hydrogen (secondary N) is 6. The lowest BCUT2D eigenvalue weighted by Crippen LogP contribution is -2.67. The number of aliphatic hydroxyl groups is 4. The first-order valence-corrected chi connectivity index (χ1v) is 26.9. The number of carbonyl (C=O) groups excluding carboxylic acids is 10. The number of benzene rings is 3. The number of amides is 9. The lowest BCUT2D eigenvalue weighted by molar-refractivity contribution is -0.170. The molecule has 3 aromatic carbocycles. The van der Waals surface area contributed by atoms with E-state index in [1.807, 2.05) is 0 Å². The van der Waals surface area contributed by atoms with Crippen molar-refractivity contribution in [2.75, 3.05) is 7.05 Å². The van der Waals surface area contributed by atoms with Crippen molar-refractivity contribution < 1.29 is 83.3 Å². The summed E-state index contributed by atoms with van der Waals surface area (Å²) >= 11 is 0. The summed E-state index contributed by atoms with van der Waals surface area (Å²) in [6.45, 7) is 6.81. The van der Waals surface area contributed by atoms with Gasteiger partial charge in [0.1, 0.15) is 78.3 Å². The van der Waals surface area contributed by atoms with Gasteiger partial charge in [0.15, 0.2) is 0 Å². The molecule has 9 amide bonds. The molecule has 14 N–H and O–H groups in total. The Labute approximate surface area is 473 Å². The number of piperidine rings is 1. The Balaban J connectivity index is 1.59. The zero-order chi connectivity index (χ0) is 60.7. The number of fused-ring (bicyclic) bond motifs is 2. The van der Waals surface area contributed by atoms with Gasteiger partial charge in [0.05, 0.1) is 12.2 Å². The van der Waals surface area contributed by atoms with Crippen molar-refractivity contribution in [3.8, 4) is 11.5 Å². The number of ether oxygens (including phenoxy) is 1. The van der Waals surface area contributed by atoms with E-state index in [1.54, 1.807) is 44.2 Å². The molecule has 3 aromatic rings. The Kier molecular flexibility index (Phi) is 23.2. The molecule has 26 nitrogen and oxygen atoms in total. The summed E-state index contributed by atoms with van der Waals surface area (Å²) in [6, 6.07) is 5.69. The fourth-order valence-corrected chi connectivity index (χ4v) is 9.45. The standard InChI is InChI=1S/C56H75N9O17/c1-7-28(2)44-56(81)82-31(5)46(63-48(73)37(21-23-42(57)71)58-52(77)45(29(3)66)62-51(76)41(70)27-34-15-19-36(69)20-16-34)53(78)60-39(25-33-13-17-35(68)18-14-33)49(74)59-38-22-24-43(72)65(54(38)79)47(30(4)67)55(80)64(6)40(50(75)61-44)26-32-11-9-8-10-12-32/h8-20,28-31,37-41,43-47,66-70,72H,7,21-27H2,1-6H3,(H2,57,71)(H,58,77)(H,59,74)(H,60,78)(H,61,75)(H,62,76)(H,63,73)/t28-,29+,30+,31+,37-,38-,39-,40-,41+,43-,44-,45-,46+,47-/m0/s1. The average Bonchev–Trinajstić information content (AvgIpc) is 3.52. The molecular weight excluding hydrogens is 1070 g/mol. The maximum Gasteiger partial charge on any atom is 0.329 e. The van der Waals surface area contributed by atoms with Crippen molar-refractivity contribution in [3.63, 3.8) is 0 Å². The van der Waals surface area contributed by atoms with Gasteiger partial charge in [-0.2, -0.15) is 0 Å². The highest BCUT2D eigenvalue weighted by molar-refractivity contribution is 5.99. The molecule has 2 saturated heterocycles. The minimum Gasteiger partial charge on any atom is -0.508 e. The summed E-state index contributed by atoms with van der Waals surface area (Å²) in [5.74, 6) is -11.8. The summed E-state index contributed by atoms with van der Waals surface area (Å²) in [5.41, 5.74) is 6.76. The van der Waals surface area contributed by atoms with E-state index < -0.39 is 157 Å². The molecule has 0 aliphatic carbocycles. The first-order chi connectivity index (χ1) is 38.7. The first-order valence-electron chi connectivity index (χ1n) is 26.9. The van der Waals surface area contributed by atoms with E-state index in [4.69, 9.17) is 10.5 Å². The molecule has 0 spiro atoms. The molecule has 5 rings (SSSR count). The number of hydrogen-bond acceptors (Lipinski definition) is 17. The molecule has 446 valence electrons. The lowest BCUT2D eigenvalue weighted by Gasteiger charge is -2.43. The molecule has 2 aliphatic rings. The van der Waals surface area contributed by atoms with Crippen molar-refractivity contribution in [2.24, 2.45) is 11.7 Å². The number of carbonyl (C=O) groups is 10. The van der Waals surface area contributed by atoms with E-state index >= 15 is 0 Å². The molecule has 14 atom stereocenters. The van der Waals surface area contributed by atoms with Crippen LogP contribution >= 0.6 is 0 Å². The predicted octanol–water partition coefficient (Wildman–Crippen LogP) is -2.45. The Bertz CT molecular complexity index is 2750. The number of likely N-dealkylation sites (N-methyl/N-ethyl adjacent to an activating group) is 1. The van der Waals surface area contributed by atoms with Crippen LogP contribution in [0.15, 0.2) is 78.9 Å². The Morgan fingerprint density at radius 3 is 1.90 bits per heavy atom. The van der Waals surface area contributed by atoms with Crippen LogP contribution in [0.1, 0.15) is 83.4 Å². The van der Waals surface area contributed by atoms with Crippen molar-refractivity contribution in [1.82, 2.24) is 41.7 Å². The summed E-state index contributed by atoms with van der Waals surface area (Å²) in [6.07, 6.45) is -10.7. The van der Waals surface area contributed by atoms with Crippen LogP contribution in [0.4, 0.5) is 0 Å². The minimum atomic E-state index is -2.03. The normalized spacial score (nSPS) is 24.5. The van der Waals surface area contributed by atoms with Gasteiger partial charge in [-0.05, 0) is 86.9 Å². The first kappa shape index (κ1) is 64.6. The molecule has 2 bridgehead atoms. The van der Waals surface area contributed by atoms with Gasteiger partial charge in [-0.3, -0.25) is 43.2 Å². The van der Waals surface area contributed by atoms with E-state index in [2.05, 4.69) is 31.9 Å². The summed E-state index contributed by atoms with van der Waals surface area (Å²) in [5, 5.41) is 78.5. The second-order valence-corrected chi connectivity index (χ2v) is 20.8. The number of phenols is 2. The molecule has 2 aliphatic heterocycles. The van der Waals surface area contributed by atoms with Crippen LogP contribution in [-0.2, 0) is 71.9 Å². The molecule has 0 unspecified atom stereocenters. The quantitative estimate of drug-likeness (QED) is 0.0554. The molecular formula is C56H75N9O17. The number of rotatable bonds is 19. The molecule has 0 radical (unpaired) electrons. The number of nitrogens with zero attached hydrogens (tertiary/aromatic N) is 2. The highest BCUT2D eigenvalue weighted by atomic mass is 16.5. The zero-order valence-electron chi connectivity index (χ0n) is 46.4. The number of aromatic hydroxyl groups is 2. The fourth-order valence-electron chi connectivity index (χ4n) is 9.45. The van der Waals surface area contributed by atoms with Gasteiger partial charge in [-0.25, -0.2) is 4.79 Å². The van der Waals surface area contributed by atoms with Crippen LogP contribution in [0.5, 0.6) is 11.5 Å². The predicted molar refractivity (Wildman–Crippen MR) is 291 cm³/mol. The molecule has 0 saturated carbocycles. The third-order valence-electron chi connectivity index (χ3n) is 14.5. The van der Waals surface area contributed by atoms with Crippen LogP contribution in [0, 0.1) is 5.92 Å². The van der Waals surface area contributed by atoms with Gasteiger partial charge in [0.2, 0.25) is 53.2 Å². The second-order valence-electron chi connectivity index (χ2n) is 20.8. The van der Waals surface area contributed by atoms with Gasteiger partial charge in [-0.1, -0.05) is 74.9 Å². The minimum absolute atomic E-state index is 0.0759. The van der Waals surface area contributed by atoms with Crippen LogP contribution in [0.3, 0.4) is 0 Å². The fraction of sp³-hybridized carbons (Fsp3) is 0.500. The van der Waals surface area contributed by atoms with E-state index in [0.717, 1.165) is 16.7 Å². The summed E-state index contributed by atoms with van der Waals surface area (Å²) < 4.78 is 5.92. The zero-order valence-corrected chi connectivity index (χ0v) is 46.4. The van der Waals surface area contributed by atoms with E-state index in [9.17, 15) is 78.6 Å². The number of esters is 1. The molecule has 82 heavy (non-hydrogen) atoms. The average molecular weight is 1150 g/mol. The molecule has 2 heterocycles. The maximum atomic E-state index is 14.9. The number of aliphatic hydroxyl groups excluding tert-OH is 4. The Morgan fingerprint density at radius 1 is 0.732 bits per heavy atom. The lowest BCUT2D eigenvalue weighted by atomic mass is 9.96. The van der Waals surface area contributed by atoms with Gasteiger partial charge >= 0.3 is 5.97 Å². The van der Waals surface area contributed by atoms with E-state index in [0.29, 0.717) is 16.7 Å². The van der Waals surface area contributed by atoms with Gasteiger partial charge in [-0.15, -0.1) is 0 Å². The highest BCUT2D eigenvalue weighted by Gasteiger charge is 2.47. The smallest absolute Gasteiger partial charge is 0.329 e. The Morgan fingerprint density at radius 2 is 1.33 bits per heavy atom. The number of nitrogens with two attached hydrogens (primary N) is 1. The largest absolute Gasteiger partial charge is 0.508 e. The van der Waals surface area contributed by atoms with Crippen molar-refractivity contribution in [3.05, 3.63) is 95.6 Å². The summed E-state index contributed by atoms with van der Waals surface area (Å²) in [4.78, 5) is 144. The number of phenolic OH excluding ortho intramolecular Hbond substituents is 2. The van der Waals surface area contributed by atoms with Gasteiger partial charge in [0.25, 0.3) is 0 Å².